The van der Waals surface area contributed by atoms with Gasteiger partial charge in [-0.2, -0.15) is 8.61 Å². The number of fused-ring (bicyclic) bond motifs is 3. The van der Waals surface area contributed by atoms with Gasteiger partial charge >= 0.3 is 0 Å². The third-order valence-electron chi connectivity index (χ3n) is 15.7. The van der Waals surface area contributed by atoms with Crippen LogP contribution in [0.2, 0.25) is 0 Å². The van der Waals surface area contributed by atoms with Gasteiger partial charge in [-0.05, 0) is 179 Å². The molecule has 0 aliphatic carbocycles. The maximum atomic E-state index is 13.1. The van der Waals surface area contributed by atoms with Gasteiger partial charge in [0.2, 0.25) is 29.1 Å². The van der Waals surface area contributed by atoms with Gasteiger partial charge in [0, 0.05) is 99.7 Å². The summed E-state index contributed by atoms with van der Waals surface area (Å²) in [6, 6.07) is 39.5. The van der Waals surface area contributed by atoms with E-state index in [2.05, 4.69) is 121 Å². The molecule has 2 fully saturated rings. The number of methoxy groups -OCH3 is 3. The van der Waals surface area contributed by atoms with E-state index in [0.29, 0.717) is 38.6 Å². The molecule has 5 aromatic rings. The number of nitrogens with one attached hydrogen (secondary N) is 2. The molecule has 15 nitrogen and oxygen atoms in total. The number of hydrogen-bond acceptors (Lipinski definition) is 16. The summed E-state index contributed by atoms with van der Waals surface area (Å²) in [4.78, 5) is 8.34. The molecule has 89 heavy (non-hydrogen) atoms. The van der Waals surface area contributed by atoms with Gasteiger partial charge in [-0.3, -0.25) is 0 Å². The van der Waals surface area contributed by atoms with Crippen LogP contribution in [0.15, 0.2) is 142 Å². The number of hydrogen-bond donors (Lipinski definition) is 2. The highest BCUT2D eigenvalue weighted by Crippen LogP contribution is 2.34. The first-order valence-electron chi connectivity index (χ1n) is 30.8. The van der Waals surface area contributed by atoms with E-state index in [1.807, 2.05) is 54.2 Å². The Morgan fingerprint density at radius 2 is 1.02 bits per heavy atom. The van der Waals surface area contributed by atoms with Crippen LogP contribution in [-0.2, 0) is 61.6 Å². The molecule has 5 heterocycles. The van der Waals surface area contributed by atoms with Crippen molar-refractivity contribution in [2.24, 2.45) is 11.8 Å². The smallest absolute Gasteiger partial charge is 0.235 e. The topological polar surface area (TPSA) is 167 Å². The van der Waals surface area contributed by atoms with Crippen molar-refractivity contribution in [1.82, 2.24) is 29.0 Å². The Balaban J connectivity index is 0.000000212. The third kappa shape index (κ3) is 28.3. The van der Waals surface area contributed by atoms with Gasteiger partial charge in [0.1, 0.15) is 17.2 Å². The Hall–Kier alpha value is -3.52. The molecule has 5 aromatic carbocycles. The Morgan fingerprint density at radius 1 is 0.573 bits per heavy atom. The Kier molecular flexibility index (Phi) is 35.3. The summed E-state index contributed by atoms with van der Waals surface area (Å²) in [6.07, 6.45) is 7.36. The van der Waals surface area contributed by atoms with Crippen LogP contribution in [-0.4, -0.2) is 172 Å². The van der Waals surface area contributed by atoms with Gasteiger partial charge in [0.25, 0.3) is 0 Å². The fourth-order valence-electron chi connectivity index (χ4n) is 10.5. The first-order valence-corrected chi connectivity index (χ1v) is 39.9. The van der Waals surface area contributed by atoms with E-state index in [1.165, 1.54) is 77.9 Å². The number of benzene rings is 5. The number of piperidine rings is 2. The molecule has 5 aliphatic heterocycles. The van der Waals surface area contributed by atoms with Crippen molar-refractivity contribution in [2.45, 2.75) is 93.6 Å². The minimum Gasteiger partial charge on any atom is -0.497 e. The number of ether oxygens (including phenoxy) is 3. The van der Waals surface area contributed by atoms with Crippen molar-refractivity contribution in [3.05, 3.63) is 155 Å². The lowest BCUT2D eigenvalue weighted by molar-refractivity contribution is 0.192. The second kappa shape index (κ2) is 41.2. The fraction of sp³-hybridized carbons (Fsp3) is 0.515. The van der Waals surface area contributed by atoms with E-state index in [9.17, 15) is 25.3 Å². The molecule has 2 N–H and O–H groups in total. The minimum absolute atomic E-state index is 0.0613. The zero-order valence-electron chi connectivity index (χ0n) is 53.0. The Morgan fingerprint density at radius 3 is 1.46 bits per heavy atom. The standard InChI is InChI=1S/C24H32N2O3S2.C12H15NO3S2.C12H17N.C10H13NOS.C6H15N.C2H4Cl2O2S/c1-29-23-7-8-24-22(18-23)19-26(13-15-30-24)31(27,28)16-14-25-11-9-21(10-12-25)17-20-5-3-2-4-6-20;1-3-18(14,15)13-6-7-17-12-5-4-11(16-2)8-10(12)9-13;1-2-4-11(5-3-1)10-12-6-8-13-9-7-12;1-12-9-2-3-10-8(6-9)7-11-4-5-13-10;1-4-7(5-2)6-3;3-1-2-7(4,5)6/h2-8,18,21H,9-17,19H2,1H3;3-5,8H,1,6-7,9H2,2H3;1-5,12-13H,6-10H2;2-3,6,11H,4-5,7H2,1H3;4-6H2,1-3H3;1-2H2. The normalized spacial score (nSPS) is 16.8. The van der Waals surface area contributed by atoms with Gasteiger partial charge in [-0.1, -0.05) is 88.0 Å². The molecule has 0 atom stereocenters. The number of nitrogens with zero attached hydrogens (tertiary/aromatic N) is 4. The molecular formula is C66H96Cl2N6O9S6. The predicted octanol–water partition coefficient (Wildman–Crippen LogP) is 12.2. The minimum atomic E-state index is -3.36. The lowest BCUT2D eigenvalue weighted by atomic mass is 9.90. The van der Waals surface area contributed by atoms with Crippen molar-refractivity contribution in [2.75, 3.05) is 128 Å². The first-order chi connectivity index (χ1) is 42.8. The molecule has 0 aromatic heterocycles. The van der Waals surface area contributed by atoms with Crippen LogP contribution in [0.1, 0.15) is 74.3 Å². The quantitative estimate of drug-likeness (QED) is 0.0628. The van der Waals surface area contributed by atoms with Crippen molar-refractivity contribution in [3.8, 4) is 17.2 Å². The van der Waals surface area contributed by atoms with Crippen LogP contribution >= 0.6 is 57.6 Å². The molecule has 0 spiro atoms. The van der Waals surface area contributed by atoms with Crippen LogP contribution < -0.4 is 24.8 Å². The Bertz CT molecular complexity index is 3170. The fourth-order valence-corrected chi connectivity index (χ4v) is 17.2. The number of likely N-dealkylation sites (tertiary alicyclic amines) is 1. The lowest BCUT2D eigenvalue weighted by Gasteiger charge is -2.32. The number of alkyl halides is 1. The molecule has 0 amide bonds. The zero-order valence-corrected chi connectivity index (χ0v) is 59.4. The lowest BCUT2D eigenvalue weighted by Crippen LogP contribution is -2.41. The van der Waals surface area contributed by atoms with E-state index < -0.39 is 29.1 Å². The van der Waals surface area contributed by atoms with Gasteiger partial charge in [-0.25, -0.2) is 25.3 Å². The monoisotopic (exact) mass is 1380 g/mol. The predicted molar refractivity (Wildman–Crippen MR) is 375 cm³/mol. The second-order valence-electron chi connectivity index (χ2n) is 21.7. The summed E-state index contributed by atoms with van der Waals surface area (Å²) in [7, 11) is -0.319. The van der Waals surface area contributed by atoms with Crippen LogP contribution in [0.25, 0.3) is 0 Å². The van der Waals surface area contributed by atoms with Crippen molar-refractivity contribution in [1.29, 1.82) is 0 Å². The highest BCUT2D eigenvalue weighted by molar-refractivity contribution is 8.13. The molecule has 0 bridgehead atoms. The summed E-state index contributed by atoms with van der Waals surface area (Å²) in [6.45, 7) is 22.4. The number of thioether (sulfide) groups is 3. The highest BCUT2D eigenvalue weighted by Gasteiger charge is 2.28. The Labute approximate surface area is 556 Å². The molecule has 494 valence electrons. The molecule has 0 radical (unpaired) electrons. The van der Waals surface area contributed by atoms with E-state index >= 15 is 0 Å². The average Bonchev–Trinajstić information content (AvgIpc) is 3.20. The molecule has 5 aliphatic rings. The largest absolute Gasteiger partial charge is 0.497 e. The first kappa shape index (κ1) is 76.2. The van der Waals surface area contributed by atoms with Crippen LogP contribution in [0, 0.1) is 11.8 Å². The van der Waals surface area contributed by atoms with Gasteiger partial charge in [-0.15, -0.1) is 46.9 Å². The van der Waals surface area contributed by atoms with Crippen LogP contribution in [0.4, 0.5) is 0 Å². The van der Waals surface area contributed by atoms with Gasteiger partial charge in [0.05, 0.1) is 32.8 Å². The van der Waals surface area contributed by atoms with Gasteiger partial charge < -0.3 is 34.6 Å². The van der Waals surface area contributed by atoms with Gasteiger partial charge in [0.15, 0.2) is 0 Å². The van der Waals surface area contributed by atoms with Crippen molar-refractivity contribution in [3.63, 3.8) is 0 Å². The molecule has 2 saturated heterocycles. The molecule has 10 rings (SSSR count). The average molecular weight is 1380 g/mol. The second-order valence-corrected chi connectivity index (χ2v) is 32.4. The van der Waals surface area contributed by atoms with E-state index in [-0.39, 0.29) is 17.4 Å². The SMILES string of the molecule is C=CS(=O)(=O)N1CCSc2ccc(OC)cc2C1.CCN(CC)CC.COc1ccc2c(c1)CN(S(=O)(=O)CCN1CCC(Cc3ccccc3)CC1)CCS2.COc1ccc2c(c1)CNCCS2.O=S(=O)(Cl)CCCl.c1ccc(CC2CCNCC2)cc1. The maximum Gasteiger partial charge on any atom is 0.235 e. The van der Waals surface area contributed by atoms with Crippen LogP contribution in [0.5, 0.6) is 17.2 Å². The molecular weight excluding hydrogens is 1280 g/mol. The zero-order chi connectivity index (χ0) is 64.5. The van der Waals surface area contributed by atoms with E-state index in [1.54, 1.807) is 49.2 Å². The van der Waals surface area contributed by atoms with Crippen LogP contribution in [0.3, 0.4) is 0 Å². The summed E-state index contributed by atoms with van der Waals surface area (Å²) < 4.78 is 88.5. The molecule has 0 saturated carbocycles. The van der Waals surface area contributed by atoms with Crippen molar-refractivity contribution >= 4 is 86.7 Å². The third-order valence-corrected chi connectivity index (χ3v) is 23.9. The summed E-state index contributed by atoms with van der Waals surface area (Å²) in [5.41, 5.74) is 6.25. The number of rotatable bonds is 18. The number of sulfonamides is 2. The van der Waals surface area contributed by atoms with E-state index in [4.69, 9.17) is 36.5 Å². The molecule has 0 unspecified atom stereocenters. The molecule has 23 heteroatoms. The number of halogens is 2. The maximum absolute atomic E-state index is 13.1. The highest BCUT2D eigenvalue weighted by atomic mass is 35.7. The summed E-state index contributed by atoms with van der Waals surface area (Å²) in [5, 5.41) is 7.78. The summed E-state index contributed by atoms with van der Waals surface area (Å²) in [5.74, 6) is 6.84. The van der Waals surface area contributed by atoms with E-state index in [0.717, 1.165) is 112 Å². The van der Waals surface area contributed by atoms with Crippen molar-refractivity contribution < 1.29 is 39.5 Å². The summed E-state index contributed by atoms with van der Waals surface area (Å²) >= 11 is 10.3.